The van der Waals surface area contributed by atoms with Gasteiger partial charge in [0, 0.05) is 113 Å². The summed E-state index contributed by atoms with van der Waals surface area (Å²) in [5, 5.41) is 10.8. The number of rotatable bonds is 12. The third kappa shape index (κ3) is 13.7. The van der Waals surface area contributed by atoms with Crippen molar-refractivity contribution in [1.29, 1.82) is 0 Å². The molecule has 9 nitrogen and oxygen atoms in total. The lowest BCUT2D eigenvalue weighted by Gasteiger charge is -2.11. The number of para-hydroxylation sites is 5. The Balaban J connectivity index is 0.000000106. The minimum Gasteiger partial charge on any atom is -0.309 e. The van der Waals surface area contributed by atoms with Gasteiger partial charge in [-0.15, -0.1) is 34.0 Å². The molecule has 9 heterocycles. The molecule has 0 N–H and O–H groups in total. The first-order valence-corrected chi connectivity index (χ1v) is 46.7. The van der Waals surface area contributed by atoms with E-state index >= 15 is 0 Å². The molecule has 9 aromatic heterocycles. The Morgan fingerprint density at radius 2 is 0.402 bits per heavy atom. The molecule has 0 bridgehead atoms. The van der Waals surface area contributed by atoms with Gasteiger partial charge in [-0.25, -0.2) is 29.9 Å². The molecule has 132 heavy (non-hydrogen) atoms. The third-order valence-corrected chi connectivity index (χ3v) is 28.7. The summed E-state index contributed by atoms with van der Waals surface area (Å²) >= 11 is 5.30. The van der Waals surface area contributed by atoms with Crippen molar-refractivity contribution in [1.82, 2.24) is 43.6 Å². The summed E-state index contributed by atoms with van der Waals surface area (Å²) in [4.78, 5) is 31.3. The summed E-state index contributed by atoms with van der Waals surface area (Å²) in [5.74, 6) is 2.22. The van der Waals surface area contributed by atoms with Gasteiger partial charge in [-0.3, -0.25) is 0 Å². The Morgan fingerprint density at radius 1 is 0.152 bits per heavy atom. The normalized spacial score (nSPS) is 11.6. The second-order valence-corrected chi connectivity index (χ2v) is 36.3. The predicted octanol–water partition coefficient (Wildman–Crippen LogP) is 32.8. The second-order valence-electron chi connectivity index (χ2n) is 33.1. The van der Waals surface area contributed by atoms with Gasteiger partial charge < -0.3 is 13.7 Å². The maximum absolute atomic E-state index is 5.32. The molecule has 0 saturated carbocycles. The van der Waals surface area contributed by atoms with E-state index in [4.69, 9.17) is 29.9 Å². The lowest BCUT2D eigenvalue weighted by atomic mass is 10.0. The summed E-state index contributed by atoms with van der Waals surface area (Å²) in [7, 11) is 0. The van der Waals surface area contributed by atoms with E-state index in [1.54, 1.807) is 34.0 Å². The first-order valence-electron chi connectivity index (χ1n) is 44.3. The second kappa shape index (κ2) is 32.8. The molecule has 0 spiro atoms. The van der Waals surface area contributed by atoms with Gasteiger partial charge in [0.15, 0.2) is 17.5 Å². The van der Waals surface area contributed by atoms with Crippen LogP contribution in [-0.2, 0) is 0 Å². The molecule has 0 saturated heterocycles. The Hall–Kier alpha value is -16.7. The minimum atomic E-state index is 0.737. The zero-order valence-corrected chi connectivity index (χ0v) is 73.5. The fraction of sp³-hybridized carbons (Fsp3) is 0. The highest BCUT2D eigenvalue weighted by molar-refractivity contribution is 7.27. The standard InChI is InChI=1S/3C40H25N3S/c1-3-12-26(13-4-1)27-14-11-15-29(24-27)40-41-37(39-38(42-40)32-19-8-10-21-36(32)44-39)28-22-23-35-33(25-28)31-18-7-9-20-34(31)43(35)30-16-5-2-6-17-30;1-3-12-26(13-4-1)28-16-11-17-30(24-28)43-34-20-9-7-18-31(34)33-25-29(22-23-35(33)43)37-39-38(32-19-8-10-21-36(32)44-39)42-40(41-37)27-14-5-2-6-15-27;1-3-11-26(12-4-1)27-19-21-28(22-20-27)40-41-37(39-38(42-40)32-16-8-10-18-36(32)44-39)29-23-24-35-33(25-29)31-15-7-9-17-34(31)43(35)30-13-5-2-6-14-30/h3*1-25H. The molecule has 0 amide bonds. The van der Waals surface area contributed by atoms with E-state index < -0.39 is 0 Å². The molecule has 18 aromatic carbocycles. The molecule has 0 radical (unpaired) electrons. The van der Waals surface area contributed by atoms with Gasteiger partial charge in [0.05, 0.1) is 80.8 Å². The molecule has 27 rings (SSSR count). The Kier molecular flexibility index (Phi) is 19.3. The molecular formula is C120H75N9S3. The highest BCUT2D eigenvalue weighted by Gasteiger charge is 2.25. The van der Waals surface area contributed by atoms with Crippen LogP contribution in [-0.4, -0.2) is 43.6 Å². The maximum Gasteiger partial charge on any atom is 0.160 e. The molecule has 12 heteroatoms. The molecule has 0 fully saturated rings. The van der Waals surface area contributed by atoms with Crippen LogP contribution in [0.2, 0.25) is 0 Å². The van der Waals surface area contributed by atoms with E-state index in [-0.39, 0.29) is 0 Å². The summed E-state index contributed by atoms with van der Waals surface area (Å²) < 4.78 is 14.1. The molecule has 0 aliphatic heterocycles. The van der Waals surface area contributed by atoms with Crippen molar-refractivity contribution in [3.8, 4) is 118 Å². The zero-order valence-electron chi connectivity index (χ0n) is 71.1. The molecule has 0 atom stereocenters. The summed E-state index contributed by atoms with van der Waals surface area (Å²) in [6.45, 7) is 0. The maximum atomic E-state index is 5.32. The monoisotopic (exact) mass is 1740 g/mol. The molecule has 0 aliphatic carbocycles. The average Bonchev–Trinajstić information content (AvgIpc) is 1.58. The predicted molar refractivity (Wildman–Crippen MR) is 557 cm³/mol. The molecule has 27 aromatic rings. The fourth-order valence-electron chi connectivity index (χ4n) is 19.0. The molecule has 618 valence electrons. The fourth-order valence-corrected chi connectivity index (χ4v) is 22.5. The average molecular weight is 1740 g/mol. The topological polar surface area (TPSA) is 92.1 Å². The van der Waals surface area contributed by atoms with Crippen molar-refractivity contribution < 1.29 is 0 Å². The van der Waals surface area contributed by atoms with Crippen LogP contribution in [0.1, 0.15) is 0 Å². The summed E-state index contributed by atoms with van der Waals surface area (Å²) in [6.07, 6.45) is 0. The van der Waals surface area contributed by atoms with E-state index in [9.17, 15) is 0 Å². The first-order chi connectivity index (χ1) is 65.4. The SMILES string of the molecule is c1ccc(-c2ccc(-c3nc(-c4ccc5c(c4)c4ccccc4n5-c4ccccc4)c4sc5ccccc5c4n3)cc2)cc1.c1ccc(-c2cccc(-c3nc(-c4ccc5c(c4)c4ccccc4n5-c4ccccc4)c4sc5ccccc5c4n3)c2)cc1.c1ccc(-c2cccc(-n3c4ccccc4c4cc(-c5nc(-c6ccccc6)nc6c5sc5ccccc56)ccc43)c2)cc1. The van der Waals surface area contributed by atoms with Crippen molar-refractivity contribution in [2.24, 2.45) is 0 Å². The zero-order chi connectivity index (χ0) is 87.1. The van der Waals surface area contributed by atoms with Crippen LogP contribution >= 0.6 is 34.0 Å². The van der Waals surface area contributed by atoms with Crippen molar-refractivity contribution in [3.63, 3.8) is 0 Å². The van der Waals surface area contributed by atoms with Gasteiger partial charge in [-0.1, -0.05) is 340 Å². The van der Waals surface area contributed by atoms with Gasteiger partial charge in [0.25, 0.3) is 0 Å². The Morgan fingerprint density at radius 3 is 0.795 bits per heavy atom. The van der Waals surface area contributed by atoms with Crippen LogP contribution < -0.4 is 0 Å². The largest absolute Gasteiger partial charge is 0.309 e. The number of thiophene rings is 3. The molecule has 0 aliphatic rings. The van der Waals surface area contributed by atoms with Crippen LogP contribution in [0.5, 0.6) is 0 Å². The molecule has 0 unspecified atom stereocenters. The van der Waals surface area contributed by atoms with E-state index in [0.717, 1.165) is 121 Å². The number of aromatic nitrogens is 9. The van der Waals surface area contributed by atoms with Gasteiger partial charge >= 0.3 is 0 Å². The van der Waals surface area contributed by atoms with Crippen LogP contribution in [0.15, 0.2) is 455 Å². The highest BCUT2D eigenvalue weighted by atomic mass is 32.1. The van der Waals surface area contributed by atoms with Crippen molar-refractivity contribution >= 4 is 160 Å². The number of hydrogen-bond donors (Lipinski definition) is 0. The van der Waals surface area contributed by atoms with Crippen molar-refractivity contribution in [2.45, 2.75) is 0 Å². The highest BCUT2D eigenvalue weighted by Crippen LogP contribution is 2.48. The van der Waals surface area contributed by atoms with Crippen LogP contribution in [0, 0.1) is 0 Å². The van der Waals surface area contributed by atoms with Gasteiger partial charge in [0.1, 0.15) is 0 Å². The lowest BCUT2D eigenvalue weighted by Crippen LogP contribution is -1.95. The van der Waals surface area contributed by atoms with Crippen LogP contribution in [0.4, 0.5) is 0 Å². The summed E-state index contributed by atoms with van der Waals surface area (Å²) in [6, 6.07) is 161. The Bertz CT molecular complexity index is 9140. The molecular weight excluding hydrogens is 1660 g/mol. The number of benzene rings is 18. The first kappa shape index (κ1) is 77.6. The van der Waals surface area contributed by atoms with Crippen LogP contribution in [0.25, 0.3) is 245 Å². The number of fused-ring (bicyclic) bond motifs is 18. The quantitative estimate of drug-likeness (QED) is 0.121. The van der Waals surface area contributed by atoms with E-state index in [2.05, 4.69) is 438 Å². The number of hydrogen-bond acceptors (Lipinski definition) is 9. The van der Waals surface area contributed by atoms with Gasteiger partial charge in [-0.05, 0) is 149 Å². The Labute approximate surface area is 771 Å². The lowest BCUT2D eigenvalue weighted by molar-refractivity contribution is 1.18. The smallest absolute Gasteiger partial charge is 0.160 e. The van der Waals surface area contributed by atoms with Crippen LogP contribution in [0.3, 0.4) is 0 Å². The van der Waals surface area contributed by atoms with E-state index in [1.807, 2.05) is 30.3 Å². The van der Waals surface area contributed by atoms with E-state index in [1.165, 1.54) is 123 Å². The summed E-state index contributed by atoms with van der Waals surface area (Å²) in [5.41, 5.74) is 29.9. The third-order valence-electron chi connectivity index (χ3n) is 25.2. The van der Waals surface area contributed by atoms with Crippen molar-refractivity contribution in [3.05, 3.63) is 455 Å². The van der Waals surface area contributed by atoms with Gasteiger partial charge in [-0.2, -0.15) is 0 Å². The minimum absolute atomic E-state index is 0.737. The van der Waals surface area contributed by atoms with Crippen molar-refractivity contribution in [2.75, 3.05) is 0 Å². The van der Waals surface area contributed by atoms with Gasteiger partial charge in [0.2, 0.25) is 0 Å². The van der Waals surface area contributed by atoms with E-state index in [0.29, 0.717) is 0 Å². The number of nitrogens with zero attached hydrogens (tertiary/aromatic N) is 9.